The van der Waals surface area contributed by atoms with Crippen LogP contribution in [0.5, 0.6) is 17.4 Å². The molecule has 0 radical (unpaired) electrons. The number of carbonyl (C=O) groups is 1. The van der Waals surface area contributed by atoms with Crippen LogP contribution in [0.15, 0.2) is 48.7 Å². The van der Waals surface area contributed by atoms with Crippen molar-refractivity contribution in [2.24, 2.45) is 0 Å². The van der Waals surface area contributed by atoms with Crippen LogP contribution in [0, 0.1) is 6.92 Å². The maximum absolute atomic E-state index is 10.3. The molecule has 5 heteroatoms. The van der Waals surface area contributed by atoms with Crippen LogP contribution in [0.2, 0.25) is 0 Å². The monoisotopic (exact) mass is 294 g/mol. The van der Waals surface area contributed by atoms with E-state index in [4.69, 9.17) is 9.47 Å². The predicted octanol–water partition coefficient (Wildman–Crippen LogP) is 3.31. The molecule has 0 spiro atoms. The normalized spacial score (nSPS) is 10.4. The summed E-state index contributed by atoms with van der Waals surface area (Å²) in [7, 11) is 0. The highest BCUT2D eigenvalue weighted by Gasteiger charge is 2.03. The van der Waals surface area contributed by atoms with Crippen molar-refractivity contribution in [2.45, 2.75) is 6.92 Å². The Bertz CT molecular complexity index is 801. The third kappa shape index (κ3) is 3.20. The summed E-state index contributed by atoms with van der Waals surface area (Å²) in [5.74, 6) is 1.67. The van der Waals surface area contributed by atoms with Crippen molar-refractivity contribution in [1.82, 2.24) is 9.97 Å². The van der Waals surface area contributed by atoms with Gasteiger partial charge in [-0.2, -0.15) is 0 Å². The molecule has 22 heavy (non-hydrogen) atoms. The molecule has 0 unspecified atom stereocenters. The number of fused-ring (bicyclic) bond motifs is 1. The number of aromatic nitrogens is 2. The molecule has 0 saturated heterocycles. The quantitative estimate of drug-likeness (QED) is 0.676. The number of nitrogens with zero attached hydrogens (tertiary/aromatic N) is 2. The van der Waals surface area contributed by atoms with Crippen molar-refractivity contribution in [3.63, 3.8) is 0 Å². The molecule has 0 atom stereocenters. The zero-order chi connectivity index (χ0) is 15.4. The van der Waals surface area contributed by atoms with Crippen molar-refractivity contribution < 1.29 is 14.3 Å². The second-order valence-corrected chi connectivity index (χ2v) is 4.75. The minimum Gasteiger partial charge on any atom is -0.486 e. The van der Waals surface area contributed by atoms with Gasteiger partial charge < -0.3 is 9.47 Å². The standard InChI is InChI=1S/C17H14N2O3/c1-12-2-7-15-16(10-12)19-17(11-18-15)22-14-5-3-13(4-6-14)21-9-8-20/h2-8,10-11H,9H2,1H3. The Hall–Kier alpha value is -2.95. The van der Waals surface area contributed by atoms with Gasteiger partial charge in [-0.1, -0.05) is 6.07 Å². The topological polar surface area (TPSA) is 61.3 Å². The van der Waals surface area contributed by atoms with Gasteiger partial charge in [-0.25, -0.2) is 9.97 Å². The van der Waals surface area contributed by atoms with Gasteiger partial charge in [0.1, 0.15) is 18.1 Å². The van der Waals surface area contributed by atoms with Crippen LogP contribution in [0.25, 0.3) is 11.0 Å². The van der Waals surface area contributed by atoms with E-state index in [1.54, 1.807) is 30.5 Å². The van der Waals surface area contributed by atoms with Crippen LogP contribution in [-0.2, 0) is 4.79 Å². The lowest BCUT2D eigenvalue weighted by Crippen LogP contribution is -1.97. The zero-order valence-corrected chi connectivity index (χ0v) is 12.0. The van der Waals surface area contributed by atoms with E-state index in [1.807, 2.05) is 25.1 Å². The predicted molar refractivity (Wildman–Crippen MR) is 82.4 cm³/mol. The number of carbonyl (C=O) groups excluding carboxylic acids is 1. The van der Waals surface area contributed by atoms with Crippen molar-refractivity contribution in [2.75, 3.05) is 6.61 Å². The van der Waals surface area contributed by atoms with Gasteiger partial charge in [0.2, 0.25) is 5.88 Å². The molecule has 0 aliphatic carbocycles. The Kier molecular flexibility index (Phi) is 3.96. The molecule has 5 nitrogen and oxygen atoms in total. The number of hydrogen-bond donors (Lipinski definition) is 0. The van der Waals surface area contributed by atoms with Crippen molar-refractivity contribution in [1.29, 1.82) is 0 Å². The second-order valence-electron chi connectivity index (χ2n) is 4.75. The van der Waals surface area contributed by atoms with Crippen LogP contribution < -0.4 is 9.47 Å². The fourth-order valence-electron chi connectivity index (χ4n) is 2.01. The first-order valence-corrected chi connectivity index (χ1v) is 6.82. The Morgan fingerprint density at radius 3 is 2.59 bits per heavy atom. The van der Waals surface area contributed by atoms with E-state index in [0.29, 0.717) is 23.7 Å². The third-order valence-electron chi connectivity index (χ3n) is 3.04. The van der Waals surface area contributed by atoms with Gasteiger partial charge in [0.05, 0.1) is 17.2 Å². The molecule has 110 valence electrons. The van der Waals surface area contributed by atoms with Gasteiger partial charge in [-0.15, -0.1) is 0 Å². The molecule has 1 heterocycles. The van der Waals surface area contributed by atoms with Gasteiger partial charge in [-0.05, 0) is 48.9 Å². The largest absolute Gasteiger partial charge is 0.486 e. The van der Waals surface area contributed by atoms with Crippen LogP contribution in [0.3, 0.4) is 0 Å². The summed E-state index contributed by atoms with van der Waals surface area (Å²) < 4.78 is 10.9. The first kappa shape index (κ1) is 14.0. The average molecular weight is 294 g/mol. The van der Waals surface area contributed by atoms with E-state index >= 15 is 0 Å². The lowest BCUT2D eigenvalue weighted by molar-refractivity contribution is -0.109. The summed E-state index contributed by atoms with van der Waals surface area (Å²) in [5.41, 5.74) is 2.75. The molecule has 0 bridgehead atoms. The van der Waals surface area contributed by atoms with Gasteiger partial charge in [0, 0.05) is 0 Å². The van der Waals surface area contributed by atoms with E-state index in [-0.39, 0.29) is 6.61 Å². The molecule has 2 aromatic carbocycles. The van der Waals surface area contributed by atoms with Crippen LogP contribution in [-0.4, -0.2) is 22.9 Å². The Morgan fingerprint density at radius 2 is 1.82 bits per heavy atom. The molecule has 0 fully saturated rings. The molecule has 1 aromatic heterocycles. The Labute approximate surface area is 127 Å². The first-order chi connectivity index (χ1) is 10.7. The maximum Gasteiger partial charge on any atom is 0.238 e. The van der Waals surface area contributed by atoms with E-state index < -0.39 is 0 Å². The van der Waals surface area contributed by atoms with E-state index in [2.05, 4.69) is 9.97 Å². The summed E-state index contributed by atoms with van der Waals surface area (Å²) in [6, 6.07) is 12.9. The summed E-state index contributed by atoms with van der Waals surface area (Å²) in [4.78, 5) is 19.0. The number of aryl methyl sites for hydroxylation is 1. The first-order valence-electron chi connectivity index (χ1n) is 6.82. The van der Waals surface area contributed by atoms with E-state index in [0.717, 1.165) is 16.6 Å². The molecule has 0 N–H and O–H groups in total. The minimum absolute atomic E-state index is 0.0374. The van der Waals surface area contributed by atoms with Gasteiger partial charge in [0.15, 0.2) is 6.29 Å². The number of ether oxygens (including phenoxy) is 2. The molecule has 0 aliphatic rings. The Balaban J connectivity index is 1.78. The fourth-order valence-corrected chi connectivity index (χ4v) is 2.01. The summed E-state index contributed by atoms with van der Waals surface area (Å²) >= 11 is 0. The van der Waals surface area contributed by atoms with E-state index in [1.165, 1.54) is 0 Å². The average Bonchev–Trinajstić information content (AvgIpc) is 2.54. The number of rotatable bonds is 5. The molecule has 0 amide bonds. The molecule has 3 rings (SSSR count). The van der Waals surface area contributed by atoms with Gasteiger partial charge in [-0.3, -0.25) is 4.79 Å². The van der Waals surface area contributed by atoms with E-state index in [9.17, 15) is 4.79 Å². The highest BCUT2D eigenvalue weighted by atomic mass is 16.5. The molecular weight excluding hydrogens is 280 g/mol. The van der Waals surface area contributed by atoms with Crippen molar-refractivity contribution in [3.05, 3.63) is 54.2 Å². The summed E-state index contributed by atoms with van der Waals surface area (Å²) in [5, 5.41) is 0. The minimum atomic E-state index is 0.0374. The molecule has 3 aromatic rings. The molecule has 0 aliphatic heterocycles. The third-order valence-corrected chi connectivity index (χ3v) is 3.04. The van der Waals surface area contributed by atoms with Crippen molar-refractivity contribution in [3.8, 4) is 17.4 Å². The van der Waals surface area contributed by atoms with Gasteiger partial charge >= 0.3 is 0 Å². The van der Waals surface area contributed by atoms with Crippen LogP contribution >= 0.6 is 0 Å². The smallest absolute Gasteiger partial charge is 0.238 e. The fraction of sp³-hybridized carbons (Fsp3) is 0.118. The highest BCUT2D eigenvalue weighted by molar-refractivity contribution is 5.75. The number of hydrogen-bond acceptors (Lipinski definition) is 5. The lowest BCUT2D eigenvalue weighted by Gasteiger charge is -2.07. The SMILES string of the molecule is Cc1ccc2ncc(Oc3ccc(OCC=O)cc3)nc2c1. The van der Waals surface area contributed by atoms with Crippen molar-refractivity contribution >= 4 is 17.3 Å². The molecule has 0 saturated carbocycles. The zero-order valence-electron chi connectivity index (χ0n) is 12.0. The van der Waals surface area contributed by atoms with Crippen LogP contribution in [0.4, 0.5) is 0 Å². The van der Waals surface area contributed by atoms with Crippen LogP contribution in [0.1, 0.15) is 5.56 Å². The Morgan fingerprint density at radius 1 is 1.05 bits per heavy atom. The summed E-state index contributed by atoms with van der Waals surface area (Å²) in [6.45, 7) is 2.04. The molecular formula is C17H14N2O3. The number of aldehydes is 1. The number of benzene rings is 2. The van der Waals surface area contributed by atoms with Gasteiger partial charge in [0.25, 0.3) is 0 Å². The summed E-state index contributed by atoms with van der Waals surface area (Å²) in [6.07, 6.45) is 2.30. The second kappa shape index (κ2) is 6.22. The lowest BCUT2D eigenvalue weighted by atomic mass is 10.2. The maximum atomic E-state index is 10.3. The highest BCUT2D eigenvalue weighted by Crippen LogP contribution is 2.23.